The first-order valence-corrected chi connectivity index (χ1v) is 10.0. The lowest BCUT2D eigenvalue weighted by atomic mass is 10.1. The van der Waals surface area contributed by atoms with Gasteiger partial charge in [0.15, 0.2) is 0 Å². The summed E-state index contributed by atoms with van der Waals surface area (Å²) in [6.07, 6.45) is 1.78. The van der Waals surface area contributed by atoms with Gasteiger partial charge in [0, 0.05) is 19.3 Å². The van der Waals surface area contributed by atoms with Crippen molar-refractivity contribution in [3.8, 4) is 5.75 Å². The lowest BCUT2D eigenvalue weighted by Crippen LogP contribution is -2.26. The molecule has 1 heterocycles. The summed E-state index contributed by atoms with van der Waals surface area (Å²) >= 11 is 0.998. The van der Waals surface area contributed by atoms with Crippen molar-refractivity contribution in [1.82, 2.24) is 9.47 Å². The summed E-state index contributed by atoms with van der Waals surface area (Å²) in [5, 5.41) is 0. The molecule has 3 rings (SSSR count). The van der Waals surface area contributed by atoms with Crippen LogP contribution in [-0.2, 0) is 13.1 Å². The van der Waals surface area contributed by atoms with Crippen LogP contribution >= 0.6 is 11.3 Å². The van der Waals surface area contributed by atoms with Gasteiger partial charge in [0.1, 0.15) is 10.6 Å². The van der Waals surface area contributed by atoms with Crippen molar-refractivity contribution in [1.29, 1.82) is 0 Å². The van der Waals surface area contributed by atoms with E-state index in [1.807, 2.05) is 55.5 Å². The van der Waals surface area contributed by atoms with Crippen molar-refractivity contribution in [2.75, 3.05) is 14.2 Å². The number of nitrogens with zero attached hydrogens (tertiary/aromatic N) is 2. The Morgan fingerprint density at radius 2 is 1.93 bits per heavy atom. The fraction of sp³-hybridized carbons (Fsp3) is 0.217. The quantitative estimate of drug-likeness (QED) is 0.589. The van der Waals surface area contributed by atoms with Gasteiger partial charge in [0.2, 0.25) is 0 Å². The molecule has 29 heavy (non-hydrogen) atoms. The van der Waals surface area contributed by atoms with Crippen molar-refractivity contribution in [3.63, 3.8) is 0 Å². The lowest BCUT2D eigenvalue weighted by molar-refractivity contribution is 0.0788. The van der Waals surface area contributed by atoms with E-state index in [2.05, 4.69) is 6.58 Å². The number of rotatable bonds is 7. The zero-order chi connectivity index (χ0) is 21.0. The van der Waals surface area contributed by atoms with Gasteiger partial charge in [-0.15, -0.1) is 0 Å². The summed E-state index contributed by atoms with van der Waals surface area (Å²) in [7, 11) is 3.35. The summed E-state index contributed by atoms with van der Waals surface area (Å²) in [6.45, 7) is 6.44. The molecule has 0 atom stereocenters. The Hall–Kier alpha value is -3.12. The molecule has 0 unspecified atom stereocenters. The third-order valence-electron chi connectivity index (χ3n) is 4.79. The third kappa shape index (κ3) is 4.66. The van der Waals surface area contributed by atoms with Gasteiger partial charge in [-0.2, -0.15) is 0 Å². The molecule has 0 aliphatic rings. The standard InChI is InChI=1S/C23H24N2O3S/c1-5-17-9-11-18(12-10-17)15-25-16(2)21(29-23(25)27)22(26)24(3)14-19-7-6-8-20(13-19)28-4/h5-13H,1,14-15H2,2-4H3. The second-order valence-electron chi connectivity index (χ2n) is 6.83. The SMILES string of the molecule is C=Cc1ccc(Cn2c(C)c(C(=O)N(C)Cc3cccc(OC)c3)sc2=O)cc1. The Labute approximate surface area is 174 Å². The fourth-order valence-corrected chi connectivity index (χ4v) is 4.08. The van der Waals surface area contributed by atoms with E-state index in [9.17, 15) is 9.59 Å². The van der Waals surface area contributed by atoms with E-state index in [-0.39, 0.29) is 10.8 Å². The number of hydrogen-bond donors (Lipinski definition) is 0. The minimum atomic E-state index is -0.159. The van der Waals surface area contributed by atoms with E-state index in [0.29, 0.717) is 23.7 Å². The number of hydrogen-bond acceptors (Lipinski definition) is 4. The van der Waals surface area contributed by atoms with Crippen LogP contribution in [-0.4, -0.2) is 29.5 Å². The first kappa shape index (κ1) is 20.6. The highest BCUT2D eigenvalue weighted by atomic mass is 32.1. The van der Waals surface area contributed by atoms with Crippen molar-refractivity contribution >= 4 is 23.3 Å². The molecule has 0 fully saturated rings. The second kappa shape index (κ2) is 8.92. The number of benzene rings is 2. The van der Waals surface area contributed by atoms with Crippen LogP contribution in [0.25, 0.3) is 6.08 Å². The molecular formula is C23H24N2O3S. The Bertz CT molecular complexity index is 1080. The van der Waals surface area contributed by atoms with Crippen molar-refractivity contribution < 1.29 is 9.53 Å². The lowest BCUT2D eigenvalue weighted by Gasteiger charge is -2.17. The highest BCUT2D eigenvalue weighted by Gasteiger charge is 2.21. The Kier molecular flexibility index (Phi) is 6.34. The van der Waals surface area contributed by atoms with Gasteiger partial charge in [-0.05, 0) is 35.7 Å². The minimum absolute atomic E-state index is 0.131. The maximum Gasteiger partial charge on any atom is 0.308 e. The van der Waals surface area contributed by atoms with E-state index in [0.717, 1.165) is 33.8 Å². The zero-order valence-electron chi connectivity index (χ0n) is 16.8. The largest absolute Gasteiger partial charge is 0.497 e. The molecule has 1 amide bonds. The first-order valence-electron chi connectivity index (χ1n) is 9.23. The van der Waals surface area contributed by atoms with Gasteiger partial charge in [-0.1, -0.05) is 60.4 Å². The van der Waals surface area contributed by atoms with Crippen LogP contribution in [0.2, 0.25) is 0 Å². The van der Waals surface area contributed by atoms with E-state index >= 15 is 0 Å². The highest BCUT2D eigenvalue weighted by molar-refractivity contribution is 7.11. The van der Waals surface area contributed by atoms with Crippen LogP contribution in [0.15, 0.2) is 59.9 Å². The Balaban J connectivity index is 1.79. The molecule has 0 aliphatic carbocycles. The van der Waals surface area contributed by atoms with E-state index in [1.165, 1.54) is 0 Å². The number of thiazole rings is 1. The van der Waals surface area contributed by atoms with Gasteiger partial charge < -0.3 is 9.64 Å². The number of ether oxygens (including phenoxy) is 1. The molecule has 6 heteroatoms. The summed E-state index contributed by atoms with van der Waals surface area (Å²) in [5.41, 5.74) is 3.68. The summed E-state index contributed by atoms with van der Waals surface area (Å²) in [4.78, 5) is 27.5. The molecule has 0 saturated carbocycles. The predicted molar refractivity (Wildman–Crippen MR) is 118 cm³/mol. The molecule has 5 nitrogen and oxygen atoms in total. The normalized spacial score (nSPS) is 10.6. The average Bonchev–Trinajstić information content (AvgIpc) is 3.02. The summed E-state index contributed by atoms with van der Waals surface area (Å²) < 4.78 is 6.89. The van der Waals surface area contributed by atoms with Crippen molar-refractivity contribution in [2.45, 2.75) is 20.0 Å². The van der Waals surface area contributed by atoms with Gasteiger partial charge in [0.25, 0.3) is 5.91 Å². The molecule has 0 aliphatic heterocycles. The van der Waals surface area contributed by atoms with Crippen molar-refractivity contribution in [2.24, 2.45) is 0 Å². The summed E-state index contributed by atoms with van der Waals surface area (Å²) in [6, 6.07) is 15.5. The van der Waals surface area contributed by atoms with Crippen LogP contribution < -0.4 is 9.61 Å². The van der Waals surface area contributed by atoms with Crippen LogP contribution in [0.1, 0.15) is 32.1 Å². The number of amides is 1. The molecular weight excluding hydrogens is 384 g/mol. The highest BCUT2D eigenvalue weighted by Crippen LogP contribution is 2.19. The number of carbonyl (C=O) groups excluding carboxylic acids is 1. The second-order valence-corrected chi connectivity index (χ2v) is 7.79. The molecule has 2 aromatic carbocycles. The van der Waals surface area contributed by atoms with Crippen LogP contribution in [0.4, 0.5) is 0 Å². The van der Waals surface area contributed by atoms with Gasteiger partial charge in [-0.3, -0.25) is 14.2 Å². The van der Waals surface area contributed by atoms with Crippen molar-refractivity contribution in [3.05, 3.63) is 92.0 Å². The molecule has 0 N–H and O–H groups in total. The predicted octanol–water partition coefficient (Wildman–Crippen LogP) is 4.19. The first-order chi connectivity index (χ1) is 13.9. The van der Waals surface area contributed by atoms with Gasteiger partial charge in [0.05, 0.1) is 13.7 Å². The van der Waals surface area contributed by atoms with E-state index in [4.69, 9.17) is 4.74 Å². The monoisotopic (exact) mass is 408 g/mol. The topological polar surface area (TPSA) is 51.5 Å². The zero-order valence-corrected chi connectivity index (χ0v) is 17.7. The molecule has 1 aromatic heterocycles. The number of aromatic nitrogens is 1. The molecule has 150 valence electrons. The maximum atomic E-state index is 13.0. The summed E-state index contributed by atoms with van der Waals surface area (Å²) in [5.74, 6) is 0.589. The average molecular weight is 409 g/mol. The molecule has 0 spiro atoms. The van der Waals surface area contributed by atoms with Gasteiger partial charge >= 0.3 is 4.87 Å². The van der Waals surface area contributed by atoms with E-state index < -0.39 is 0 Å². The third-order valence-corrected chi connectivity index (χ3v) is 5.86. The Morgan fingerprint density at radius 3 is 2.59 bits per heavy atom. The van der Waals surface area contributed by atoms with E-state index in [1.54, 1.807) is 29.7 Å². The smallest absolute Gasteiger partial charge is 0.308 e. The van der Waals surface area contributed by atoms with Crippen LogP contribution in [0.3, 0.4) is 0 Å². The van der Waals surface area contributed by atoms with Crippen LogP contribution in [0, 0.1) is 6.92 Å². The number of methoxy groups -OCH3 is 1. The van der Waals surface area contributed by atoms with Crippen LogP contribution in [0.5, 0.6) is 5.75 Å². The minimum Gasteiger partial charge on any atom is -0.497 e. The fourth-order valence-electron chi connectivity index (χ4n) is 3.09. The van der Waals surface area contributed by atoms with Gasteiger partial charge in [-0.25, -0.2) is 0 Å². The maximum absolute atomic E-state index is 13.0. The molecule has 0 saturated heterocycles. The Morgan fingerprint density at radius 1 is 1.21 bits per heavy atom. The molecule has 0 bridgehead atoms. The molecule has 0 radical (unpaired) electrons. The molecule has 3 aromatic rings. The number of carbonyl (C=O) groups is 1.